The van der Waals surface area contributed by atoms with Crippen molar-refractivity contribution >= 4 is 28.5 Å². The standard InChI is InChI=1S/C19H16F2N2O4/c1-3-27-19(25)17-16(11-9-10(26-2)7-8-14(11)22-17)23-18(24)15-12(20)5-4-6-13(15)21/h4-9,22H,3H2,1-2H3,(H,23,24). The molecule has 0 bridgehead atoms. The van der Waals surface area contributed by atoms with Gasteiger partial charge in [0, 0.05) is 10.9 Å². The highest BCUT2D eigenvalue weighted by atomic mass is 19.1. The Hall–Kier alpha value is -3.42. The first-order valence-electron chi connectivity index (χ1n) is 8.08. The molecule has 0 saturated heterocycles. The van der Waals surface area contributed by atoms with Crippen molar-refractivity contribution in [1.29, 1.82) is 0 Å². The zero-order valence-corrected chi connectivity index (χ0v) is 14.6. The van der Waals surface area contributed by atoms with E-state index in [1.165, 1.54) is 7.11 Å². The highest BCUT2D eigenvalue weighted by Gasteiger charge is 2.24. The second kappa shape index (κ2) is 7.45. The van der Waals surface area contributed by atoms with Gasteiger partial charge in [-0.1, -0.05) is 6.07 Å². The maximum Gasteiger partial charge on any atom is 0.356 e. The molecule has 0 spiro atoms. The van der Waals surface area contributed by atoms with Crippen LogP contribution in [-0.2, 0) is 4.74 Å². The van der Waals surface area contributed by atoms with Crippen LogP contribution in [0.3, 0.4) is 0 Å². The van der Waals surface area contributed by atoms with E-state index in [1.807, 2.05) is 0 Å². The summed E-state index contributed by atoms with van der Waals surface area (Å²) in [5, 5.41) is 2.85. The van der Waals surface area contributed by atoms with Gasteiger partial charge in [0.1, 0.15) is 28.6 Å². The number of carbonyl (C=O) groups is 2. The molecule has 3 aromatic rings. The lowest BCUT2D eigenvalue weighted by atomic mass is 10.1. The fourth-order valence-electron chi connectivity index (χ4n) is 2.67. The molecule has 6 nitrogen and oxygen atoms in total. The number of ether oxygens (including phenoxy) is 2. The highest BCUT2D eigenvalue weighted by molar-refractivity contribution is 6.14. The molecule has 8 heteroatoms. The normalized spacial score (nSPS) is 10.7. The van der Waals surface area contributed by atoms with Crippen molar-refractivity contribution in [3.8, 4) is 5.75 Å². The van der Waals surface area contributed by atoms with Crippen LogP contribution in [0.25, 0.3) is 10.9 Å². The number of esters is 1. The molecule has 1 heterocycles. The number of fused-ring (bicyclic) bond motifs is 1. The molecule has 27 heavy (non-hydrogen) atoms. The summed E-state index contributed by atoms with van der Waals surface area (Å²) in [4.78, 5) is 27.6. The lowest BCUT2D eigenvalue weighted by Gasteiger charge is -2.09. The number of H-pyrrole nitrogens is 1. The number of methoxy groups -OCH3 is 1. The van der Waals surface area contributed by atoms with Crippen molar-refractivity contribution in [3.05, 3.63) is 59.3 Å². The molecule has 1 aromatic heterocycles. The number of aromatic nitrogens is 1. The quantitative estimate of drug-likeness (QED) is 0.664. The van der Waals surface area contributed by atoms with E-state index in [9.17, 15) is 18.4 Å². The molecule has 0 fully saturated rings. The molecule has 140 valence electrons. The smallest absolute Gasteiger partial charge is 0.356 e. The average molecular weight is 374 g/mol. The van der Waals surface area contributed by atoms with Crippen LogP contribution in [0.1, 0.15) is 27.8 Å². The number of amides is 1. The Morgan fingerprint density at radius 1 is 1.15 bits per heavy atom. The first kappa shape index (κ1) is 18.4. The average Bonchev–Trinajstić information content (AvgIpc) is 2.99. The van der Waals surface area contributed by atoms with E-state index in [-0.39, 0.29) is 18.0 Å². The van der Waals surface area contributed by atoms with Crippen LogP contribution >= 0.6 is 0 Å². The van der Waals surface area contributed by atoms with Gasteiger partial charge in [0.25, 0.3) is 5.91 Å². The lowest BCUT2D eigenvalue weighted by molar-refractivity contribution is 0.0522. The number of hydrogen-bond donors (Lipinski definition) is 2. The van der Waals surface area contributed by atoms with Gasteiger partial charge < -0.3 is 19.8 Å². The fraction of sp³-hybridized carbons (Fsp3) is 0.158. The van der Waals surface area contributed by atoms with E-state index < -0.39 is 29.1 Å². The summed E-state index contributed by atoms with van der Waals surface area (Å²) in [7, 11) is 1.47. The van der Waals surface area contributed by atoms with E-state index in [0.29, 0.717) is 16.7 Å². The third kappa shape index (κ3) is 3.46. The SMILES string of the molecule is CCOC(=O)c1[nH]c2ccc(OC)cc2c1NC(=O)c1c(F)cccc1F. The second-order valence-electron chi connectivity index (χ2n) is 5.56. The van der Waals surface area contributed by atoms with Gasteiger partial charge in [-0.05, 0) is 37.3 Å². The summed E-state index contributed by atoms with van der Waals surface area (Å²) in [5.74, 6) is -3.29. The first-order chi connectivity index (χ1) is 13.0. The van der Waals surface area contributed by atoms with Crippen LogP contribution in [0.4, 0.5) is 14.5 Å². The number of benzene rings is 2. The van der Waals surface area contributed by atoms with Gasteiger partial charge in [0.15, 0.2) is 0 Å². The van der Waals surface area contributed by atoms with Gasteiger partial charge in [0.05, 0.1) is 19.4 Å². The van der Waals surface area contributed by atoms with Crippen LogP contribution in [-0.4, -0.2) is 30.6 Å². The molecular formula is C19H16F2N2O4. The summed E-state index contributed by atoms with van der Waals surface area (Å²) in [6.07, 6.45) is 0. The Bertz CT molecular complexity index is 1010. The molecule has 3 rings (SSSR count). The van der Waals surface area contributed by atoms with Crippen molar-refractivity contribution in [2.75, 3.05) is 19.0 Å². The van der Waals surface area contributed by atoms with Crippen molar-refractivity contribution in [2.45, 2.75) is 6.92 Å². The van der Waals surface area contributed by atoms with E-state index in [0.717, 1.165) is 18.2 Å². The number of anilines is 1. The largest absolute Gasteiger partial charge is 0.497 e. The Balaban J connectivity index is 2.11. The van der Waals surface area contributed by atoms with Gasteiger partial charge in [0.2, 0.25) is 0 Å². The van der Waals surface area contributed by atoms with Gasteiger partial charge >= 0.3 is 5.97 Å². The zero-order valence-electron chi connectivity index (χ0n) is 14.6. The van der Waals surface area contributed by atoms with Crippen LogP contribution in [0.15, 0.2) is 36.4 Å². The van der Waals surface area contributed by atoms with Crippen LogP contribution in [0.5, 0.6) is 5.75 Å². The van der Waals surface area contributed by atoms with E-state index in [4.69, 9.17) is 9.47 Å². The van der Waals surface area contributed by atoms with Gasteiger partial charge in [-0.25, -0.2) is 13.6 Å². The Kier molecular flexibility index (Phi) is 5.07. The zero-order chi connectivity index (χ0) is 19.6. The molecule has 1 amide bonds. The van der Waals surface area contributed by atoms with E-state index >= 15 is 0 Å². The maximum atomic E-state index is 13.9. The number of carbonyl (C=O) groups excluding carboxylic acids is 2. The van der Waals surface area contributed by atoms with Crippen molar-refractivity contribution in [2.24, 2.45) is 0 Å². The minimum absolute atomic E-state index is 0.0369. The highest BCUT2D eigenvalue weighted by Crippen LogP contribution is 2.32. The molecule has 0 unspecified atom stereocenters. The minimum Gasteiger partial charge on any atom is -0.497 e. The molecule has 0 atom stereocenters. The van der Waals surface area contributed by atoms with Crippen LogP contribution < -0.4 is 10.1 Å². The third-order valence-electron chi connectivity index (χ3n) is 3.91. The lowest BCUT2D eigenvalue weighted by Crippen LogP contribution is -2.18. The predicted molar refractivity (Wildman–Crippen MR) is 95.1 cm³/mol. The number of halogens is 2. The van der Waals surface area contributed by atoms with E-state index in [1.54, 1.807) is 25.1 Å². The summed E-state index contributed by atoms with van der Waals surface area (Å²) in [6, 6.07) is 8.00. The molecule has 0 radical (unpaired) electrons. The predicted octanol–water partition coefficient (Wildman–Crippen LogP) is 3.88. The maximum absolute atomic E-state index is 13.9. The fourth-order valence-corrected chi connectivity index (χ4v) is 2.67. The number of aromatic amines is 1. The second-order valence-corrected chi connectivity index (χ2v) is 5.56. The number of hydrogen-bond acceptors (Lipinski definition) is 4. The molecule has 0 aliphatic heterocycles. The number of nitrogens with one attached hydrogen (secondary N) is 2. The molecular weight excluding hydrogens is 358 g/mol. The minimum atomic E-state index is -1.03. The summed E-state index contributed by atoms with van der Waals surface area (Å²) < 4.78 is 38.0. The molecule has 2 N–H and O–H groups in total. The van der Waals surface area contributed by atoms with Gasteiger partial charge in [-0.15, -0.1) is 0 Å². The van der Waals surface area contributed by atoms with Crippen LogP contribution in [0, 0.1) is 11.6 Å². The summed E-state index contributed by atoms with van der Waals surface area (Å²) in [6.45, 7) is 1.75. The monoisotopic (exact) mass is 374 g/mol. The third-order valence-corrected chi connectivity index (χ3v) is 3.91. The molecule has 0 aliphatic rings. The van der Waals surface area contributed by atoms with Crippen molar-refractivity contribution < 1.29 is 27.8 Å². The van der Waals surface area contributed by atoms with E-state index in [2.05, 4.69) is 10.3 Å². The van der Waals surface area contributed by atoms with Crippen molar-refractivity contribution in [3.63, 3.8) is 0 Å². The van der Waals surface area contributed by atoms with Gasteiger partial charge in [-0.2, -0.15) is 0 Å². The Labute approximate surface area is 153 Å². The van der Waals surface area contributed by atoms with Gasteiger partial charge in [-0.3, -0.25) is 4.79 Å². The molecule has 0 aliphatic carbocycles. The molecule has 0 saturated carbocycles. The number of rotatable bonds is 5. The topological polar surface area (TPSA) is 80.4 Å². The Morgan fingerprint density at radius 3 is 2.48 bits per heavy atom. The summed E-state index contributed by atoms with van der Waals surface area (Å²) in [5.41, 5.74) is -0.215. The summed E-state index contributed by atoms with van der Waals surface area (Å²) >= 11 is 0. The first-order valence-corrected chi connectivity index (χ1v) is 8.08. The van der Waals surface area contributed by atoms with Crippen LogP contribution in [0.2, 0.25) is 0 Å². The molecule has 2 aromatic carbocycles. The Morgan fingerprint density at radius 2 is 1.85 bits per heavy atom. The van der Waals surface area contributed by atoms with Crippen molar-refractivity contribution in [1.82, 2.24) is 4.98 Å².